The number of rotatable bonds is 0. The molecule has 2 heteroatoms. The fourth-order valence-electron chi connectivity index (χ4n) is 2.59. The quantitative estimate of drug-likeness (QED) is 0.635. The molecule has 1 amide bonds. The molecule has 0 N–H and O–H groups in total. The molecular weight excluding hydrogens is 186 g/mol. The summed E-state index contributed by atoms with van der Waals surface area (Å²) in [7, 11) is 0. The molecule has 0 radical (unpaired) electrons. The highest BCUT2D eigenvalue weighted by Crippen LogP contribution is 2.37. The Morgan fingerprint density at radius 1 is 1.33 bits per heavy atom. The van der Waals surface area contributed by atoms with Crippen molar-refractivity contribution in [3.8, 4) is 0 Å². The molecule has 15 heavy (non-hydrogen) atoms. The SMILES string of the molecule is CC(=O)N1c2ccccc2C(C)CC1C. The predicted molar refractivity (Wildman–Crippen MR) is 62.1 cm³/mol. The second-order valence-corrected chi connectivity index (χ2v) is 4.43. The van der Waals surface area contributed by atoms with Gasteiger partial charge in [0.25, 0.3) is 0 Å². The number of amides is 1. The van der Waals surface area contributed by atoms with E-state index >= 15 is 0 Å². The Kier molecular flexibility index (Phi) is 2.51. The number of para-hydroxylation sites is 1. The number of nitrogens with zero attached hydrogens (tertiary/aromatic N) is 1. The van der Waals surface area contributed by atoms with Gasteiger partial charge in [0.05, 0.1) is 0 Å². The van der Waals surface area contributed by atoms with E-state index in [1.807, 2.05) is 23.1 Å². The van der Waals surface area contributed by atoms with Gasteiger partial charge < -0.3 is 4.90 Å². The van der Waals surface area contributed by atoms with Crippen LogP contribution in [-0.4, -0.2) is 11.9 Å². The van der Waals surface area contributed by atoms with Crippen LogP contribution in [0.5, 0.6) is 0 Å². The second-order valence-electron chi connectivity index (χ2n) is 4.43. The third-order valence-electron chi connectivity index (χ3n) is 3.20. The molecule has 1 heterocycles. The third kappa shape index (κ3) is 1.65. The monoisotopic (exact) mass is 203 g/mol. The van der Waals surface area contributed by atoms with Crippen LogP contribution in [-0.2, 0) is 4.79 Å². The lowest BCUT2D eigenvalue weighted by molar-refractivity contribution is -0.117. The zero-order valence-electron chi connectivity index (χ0n) is 9.53. The van der Waals surface area contributed by atoms with Crippen molar-refractivity contribution in [3.63, 3.8) is 0 Å². The van der Waals surface area contributed by atoms with Crippen molar-refractivity contribution in [1.82, 2.24) is 0 Å². The van der Waals surface area contributed by atoms with Crippen LogP contribution in [0.2, 0.25) is 0 Å². The lowest BCUT2D eigenvalue weighted by Gasteiger charge is -2.37. The summed E-state index contributed by atoms with van der Waals surface area (Å²) in [6.07, 6.45) is 1.05. The maximum Gasteiger partial charge on any atom is 0.224 e. The Hall–Kier alpha value is -1.31. The molecule has 2 atom stereocenters. The summed E-state index contributed by atoms with van der Waals surface area (Å²) in [5.74, 6) is 0.689. The molecule has 2 nitrogen and oxygen atoms in total. The van der Waals surface area contributed by atoms with Crippen LogP contribution >= 0.6 is 0 Å². The highest BCUT2D eigenvalue weighted by atomic mass is 16.2. The minimum Gasteiger partial charge on any atom is -0.310 e. The molecule has 0 aliphatic carbocycles. The molecule has 1 aromatic carbocycles. The summed E-state index contributed by atoms with van der Waals surface area (Å²) in [4.78, 5) is 13.5. The van der Waals surface area contributed by atoms with Gasteiger partial charge in [0.15, 0.2) is 0 Å². The van der Waals surface area contributed by atoms with E-state index in [-0.39, 0.29) is 5.91 Å². The van der Waals surface area contributed by atoms with Crippen LogP contribution in [0.15, 0.2) is 24.3 Å². The first-order chi connectivity index (χ1) is 7.11. The average Bonchev–Trinajstić information content (AvgIpc) is 2.17. The van der Waals surface area contributed by atoms with E-state index in [2.05, 4.69) is 19.9 Å². The molecule has 2 rings (SSSR count). The summed E-state index contributed by atoms with van der Waals surface area (Å²) in [5.41, 5.74) is 2.39. The van der Waals surface area contributed by atoms with Gasteiger partial charge in [-0.15, -0.1) is 0 Å². The van der Waals surface area contributed by atoms with E-state index in [1.54, 1.807) is 6.92 Å². The third-order valence-corrected chi connectivity index (χ3v) is 3.20. The van der Waals surface area contributed by atoms with Gasteiger partial charge in [-0.1, -0.05) is 25.1 Å². The van der Waals surface area contributed by atoms with E-state index in [4.69, 9.17) is 0 Å². The molecule has 80 valence electrons. The lowest BCUT2D eigenvalue weighted by atomic mass is 9.87. The number of carbonyl (C=O) groups excluding carboxylic acids is 1. The van der Waals surface area contributed by atoms with Crippen LogP contribution in [0.4, 0.5) is 5.69 Å². The van der Waals surface area contributed by atoms with Crippen LogP contribution in [0, 0.1) is 0 Å². The van der Waals surface area contributed by atoms with E-state index in [1.165, 1.54) is 5.56 Å². The van der Waals surface area contributed by atoms with E-state index in [0.29, 0.717) is 12.0 Å². The molecule has 0 saturated heterocycles. The van der Waals surface area contributed by atoms with Gasteiger partial charge in [-0.25, -0.2) is 0 Å². The van der Waals surface area contributed by atoms with Gasteiger partial charge in [0.1, 0.15) is 0 Å². The van der Waals surface area contributed by atoms with Crippen molar-refractivity contribution in [2.24, 2.45) is 0 Å². The van der Waals surface area contributed by atoms with Crippen molar-refractivity contribution >= 4 is 11.6 Å². The summed E-state index contributed by atoms with van der Waals surface area (Å²) in [6, 6.07) is 8.53. The summed E-state index contributed by atoms with van der Waals surface area (Å²) < 4.78 is 0. The maximum absolute atomic E-state index is 11.6. The largest absolute Gasteiger partial charge is 0.310 e. The van der Waals surface area contributed by atoms with Crippen molar-refractivity contribution in [3.05, 3.63) is 29.8 Å². The van der Waals surface area contributed by atoms with E-state index in [0.717, 1.165) is 12.1 Å². The van der Waals surface area contributed by atoms with Crippen molar-refractivity contribution in [2.45, 2.75) is 39.2 Å². The Morgan fingerprint density at radius 3 is 2.67 bits per heavy atom. The number of anilines is 1. The lowest BCUT2D eigenvalue weighted by Crippen LogP contribution is -2.41. The fourth-order valence-corrected chi connectivity index (χ4v) is 2.59. The molecule has 0 spiro atoms. The smallest absolute Gasteiger partial charge is 0.224 e. The number of carbonyl (C=O) groups is 1. The van der Waals surface area contributed by atoms with Gasteiger partial charge >= 0.3 is 0 Å². The number of fused-ring (bicyclic) bond motifs is 1. The molecule has 0 aromatic heterocycles. The van der Waals surface area contributed by atoms with E-state index in [9.17, 15) is 4.79 Å². The van der Waals surface area contributed by atoms with Gasteiger partial charge in [-0.2, -0.15) is 0 Å². The minimum absolute atomic E-state index is 0.141. The average molecular weight is 203 g/mol. The van der Waals surface area contributed by atoms with Crippen molar-refractivity contribution in [2.75, 3.05) is 4.90 Å². The van der Waals surface area contributed by atoms with E-state index < -0.39 is 0 Å². The van der Waals surface area contributed by atoms with Crippen LogP contribution < -0.4 is 4.90 Å². The molecule has 1 aromatic rings. The summed E-state index contributed by atoms with van der Waals surface area (Å²) in [6.45, 7) is 5.99. The Morgan fingerprint density at radius 2 is 2.00 bits per heavy atom. The van der Waals surface area contributed by atoms with Crippen LogP contribution in [0.25, 0.3) is 0 Å². The fraction of sp³-hybridized carbons (Fsp3) is 0.462. The Labute approximate surface area is 90.9 Å². The normalized spacial score (nSPS) is 24.9. The number of hydrogen-bond acceptors (Lipinski definition) is 1. The van der Waals surface area contributed by atoms with Crippen molar-refractivity contribution in [1.29, 1.82) is 0 Å². The van der Waals surface area contributed by atoms with Crippen LogP contribution in [0.1, 0.15) is 38.7 Å². The molecule has 1 aliphatic rings. The van der Waals surface area contributed by atoms with Crippen LogP contribution in [0.3, 0.4) is 0 Å². The van der Waals surface area contributed by atoms with Gasteiger partial charge in [0, 0.05) is 18.7 Å². The first-order valence-corrected chi connectivity index (χ1v) is 5.50. The van der Waals surface area contributed by atoms with Gasteiger partial charge in [-0.05, 0) is 30.9 Å². The molecule has 0 fully saturated rings. The number of benzene rings is 1. The molecule has 0 saturated carbocycles. The molecule has 2 unspecified atom stereocenters. The number of hydrogen-bond donors (Lipinski definition) is 0. The predicted octanol–water partition coefficient (Wildman–Crippen LogP) is 2.94. The highest BCUT2D eigenvalue weighted by Gasteiger charge is 2.29. The van der Waals surface area contributed by atoms with Crippen molar-refractivity contribution < 1.29 is 4.79 Å². The second kappa shape index (κ2) is 3.69. The molecular formula is C13H17NO. The van der Waals surface area contributed by atoms with Gasteiger partial charge in [-0.3, -0.25) is 4.79 Å². The Bertz CT molecular complexity index is 386. The maximum atomic E-state index is 11.6. The molecule has 0 bridgehead atoms. The summed E-state index contributed by atoms with van der Waals surface area (Å²) in [5, 5.41) is 0. The zero-order chi connectivity index (χ0) is 11.0. The zero-order valence-corrected chi connectivity index (χ0v) is 9.53. The standard InChI is InChI=1S/C13H17NO/c1-9-8-10(2)14(11(3)15)13-7-5-4-6-12(9)13/h4-7,9-10H,8H2,1-3H3. The van der Waals surface area contributed by atoms with Gasteiger partial charge in [0.2, 0.25) is 5.91 Å². The highest BCUT2D eigenvalue weighted by molar-refractivity contribution is 5.93. The summed E-state index contributed by atoms with van der Waals surface area (Å²) >= 11 is 0. The minimum atomic E-state index is 0.141. The first-order valence-electron chi connectivity index (χ1n) is 5.50. The first kappa shape index (κ1) is 10.2. The Balaban J connectivity index is 2.51. The molecule has 1 aliphatic heterocycles. The topological polar surface area (TPSA) is 20.3 Å².